The molecule has 6 rings (SSSR count). The summed E-state index contributed by atoms with van der Waals surface area (Å²) in [7, 11) is 0. The predicted molar refractivity (Wildman–Crippen MR) is 131 cm³/mol. The smallest absolute Gasteiger partial charge is 0.248 e. The fourth-order valence-corrected chi connectivity index (χ4v) is 7.83. The minimum atomic E-state index is -2.50. The molecule has 10 heteroatoms. The number of hydrogen-bond acceptors (Lipinski definition) is 7. The Morgan fingerprint density at radius 1 is 1.30 bits per heavy atom. The number of nitrogens with one attached hydrogen (secondary N) is 2. The van der Waals surface area contributed by atoms with E-state index in [4.69, 9.17) is 4.98 Å². The zero-order valence-corrected chi connectivity index (χ0v) is 19.7. The molecule has 0 unspecified atom stereocenters. The van der Waals surface area contributed by atoms with E-state index in [0.29, 0.717) is 26.1 Å². The average Bonchev–Trinajstić information content (AvgIpc) is 3.50. The molecule has 33 heavy (non-hydrogen) atoms. The van der Waals surface area contributed by atoms with E-state index in [1.165, 1.54) is 10.4 Å². The van der Waals surface area contributed by atoms with E-state index in [1.54, 1.807) is 35.1 Å². The number of likely N-dealkylation sites (tertiary alicyclic amines) is 1. The van der Waals surface area contributed by atoms with Crippen molar-refractivity contribution in [3.8, 4) is 10.6 Å². The van der Waals surface area contributed by atoms with Gasteiger partial charge in [-0.2, -0.15) is 0 Å². The van der Waals surface area contributed by atoms with Crippen molar-refractivity contribution in [3.05, 3.63) is 28.9 Å². The van der Waals surface area contributed by atoms with Crippen LogP contribution in [-0.2, 0) is 17.8 Å². The van der Waals surface area contributed by atoms with Gasteiger partial charge in [0.15, 0.2) is 0 Å². The number of halogens is 2. The van der Waals surface area contributed by atoms with Crippen molar-refractivity contribution in [3.63, 3.8) is 0 Å². The number of aromatic nitrogens is 2. The maximum Gasteiger partial charge on any atom is 0.248 e. The highest BCUT2D eigenvalue weighted by molar-refractivity contribution is 7.22. The average molecular weight is 494 g/mol. The third-order valence-electron chi connectivity index (χ3n) is 7.01. The second kappa shape index (κ2) is 8.33. The van der Waals surface area contributed by atoms with Gasteiger partial charge in [-0.3, -0.25) is 9.78 Å². The normalized spacial score (nSPS) is 24.2. The number of thiazole rings is 1. The van der Waals surface area contributed by atoms with Gasteiger partial charge in [0.1, 0.15) is 15.5 Å². The van der Waals surface area contributed by atoms with Crippen LogP contribution in [0.4, 0.5) is 13.8 Å². The fraction of sp³-hybridized carbons (Fsp3) is 0.522. The minimum Gasteiger partial charge on any atom is -0.317 e. The SMILES string of the molecule is O=C(CCN1C[C@@H]2CC(F)(F)C[C@@H]2C1)Nc1sc2c(c1-c1nc3cnccc3s1)CCNC2.[HH].[HH]. The van der Waals surface area contributed by atoms with Gasteiger partial charge < -0.3 is 15.5 Å². The lowest BCUT2D eigenvalue weighted by atomic mass is 10.0. The summed E-state index contributed by atoms with van der Waals surface area (Å²) in [5.74, 6) is -2.40. The zero-order chi connectivity index (χ0) is 22.6. The number of pyridine rings is 1. The van der Waals surface area contributed by atoms with E-state index in [-0.39, 0.29) is 33.4 Å². The van der Waals surface area contributed by atoms with Crippen LogP contribution in [0.3, 0.4) is 0 Å². The number of thiophene rings is 1. The molecule has 0 aromatic carbocycles. The second-order valence-electron chi connectivity index (χ2n) is 9.34. The Hall–Kier alpha value is -2.01. The second-order valence-corrected chi connectivity index (χ2v) is 11.5. The van der Waals surface area contributed by atoms with Gasteiger partial charge in [0.2, 0.25) is 11.8 Å². The predicted octanol–water partition coefficient (Wildman–Crippen LogP) is 4.86. The molecule has 2 aliphatic heterocycles. The number of anilines is 1. The number of carbonyl (C=O) groups excluding carboxylic acids is 1. The molecule has 2 N–H and O–H groups in total. The molecule has 6 nitrogen and oxygen atoms in total. The van der Waals surface area contributed by atoms with E-state index in [2.05, 4.69) is 20.5 Å². The summed E-state index contributed by atoms with van der Waals surface area (Å²) in [6.07, 6.45) is 4.81. The van der Waals surface area contributed by atoms with E-state index in [1.807, 2.05) is 6.07 Å². The Kier molecular flexibility index (Phi) is 5.44. The van der Waals surface area contributed by atoms with Gasteiger partial charge >= 0.3 is 0 Å². The summed E-state index contributed by atoms with van der Waals surface area (Å²) in [6.45, 7) is 3.68. The number of amides is 1. The summed E-state index contributed by atoms with van der Waals surface area (Å²) in [5, 5.41) is 8.34. The van der Waals surface area contributed by atoms with Gasteiger partial charge in [-0.25, -0.2) is 13.8 Å². The summed E-state index contributed by atoms with van der Waals surface area (Å²) in [6, 6.07) is 1.97. The van der Waals surface area contributed by atoms with Crippen molar-refractivity contribution < 1.29 is 16.4 Å². The van der Waals surface area contributed by atoms with Gasteiger partial charge in [-0.1, -0.05) is 0 Å². The molecule has 3 aromatic rings. The van der Waals surface area contributed by atoms with Crippen LogP contribution < -0.4 is 10.6 Å². The highest BCUT2D eigenvalue weighted by Gasteiger charge is 2.49. The Morgan fingerprint density at radius 2 is 2.12 bits per heavy atom. The van der Waals surface area contributed by atoms with E-state index in [9.17, 15) is 13.6 Å². The molecular formula is C23H29F2N5OS2. The van der Waals surface area contributed by atoms with Crippen molar-refractivity contribution in [1.82, 2.24) is 20.2 Å². The molecular weight excluding hydrogens is 464 g/mol. The van der Waals surface area contributed by atoms with Gasteiger partial charge in [0.25, 0.3) is 0 Å². The number of alkyl halides is 2. The Bertz CT molecular complexity index is 1170. The van der Waals surface area contributed by atoms with E-state index >= 15 is 0 Å². The summed E-state index contributed by atoms with van der Waals surface area (Å²) < 4.78 is 28.3. The molecule has 0 spiro atoms. The first-order valence-corrected chi connectivity index (χ1v) is 13.0. The molecule has 0 radical (unpaired) electrons. The summed E-state index contributed by atoms with van der Waals surface area (Å²) in [4.78, 5) is 25.3. The van der Waals surface area contributed by atoms with Gasteiger partial charge in [0, 0.05) is 64.9 Å². The van der Waals surface area contributed by atoms with Crippen LogP contribution in [0.25, 0.3) is 20.8 Å². The van der Waals surface area contributed by atoms with Crippen molar-refractivity contribution in [2.75, 3.05) is 31.5 Å². The van der Waals surface area contributed by atoms with Crippen LogP contribution >= 0.6 is 22.7 Å². The number of hydrogen-bond donors (Lipinski definition) is 2. The fourth-order valence-electron chi connectivity index (χ4n) is 5.52. The highest BCUT2D eigenvalue weighted by Crippen LogP contribution is 2.47. The van der Waals surface area contributed by atoms with Crippen LogP contribution in [0.15, 0.2) is 18.5 Å². The Morgan fingerprint density at radius 3 is 2.91 bits per heavy atom. The van der Waals surface area contributed by atoms with Crippen molar-refractivity contribution in [2.45, 2.75) is 38.2 Å². The van der Waals surface area contributed by atoms with Crippen LogP contribution in [-0.4, -0.2) is 52.9 Å². The Balaban J connectivity index is 0.00000144. The molecule has 5 heterocycles. The van der Waals surface area contributed by atoms with Gasteiger partial charge in [0.05, 0.1) is 10.9 Å². The monoisotopic (exact) mass is 493 g/mol. The maximum absolute atomic E-state index is 13.6. The highest BCUT2D eigenvalue weighted by atomic mass is 32.1. The summed E-state index contributed by atoms with van der Waals surface area (Å²) >= 11 is 3.25. The Labute approximate surface area is 201 Å². The number of nitrogens with zero attached hydrogens (tertiary/aromatic N) is 3. The van der Waals surface area contributed by atoms with Crippen molar-refractivity contribution in [2.24, 2.45) is 11.8 Å². The van der Waals surface area contributed by atoms with Crippen LogP contribution in [0.2, 0.25) is 0 Å². The minimum absolute atomic E-state index is 0. The van der Waals surface area contributed by atoms with Crippen molar-refractivity contribution >= 4 is 43.8 Å². The molecule has 2 fully saturated rings. The number of fused-ring (bicyclic) bond motifs is 3. The quantitative estimate of drug-likeness (QED) is 0.531. The number of rotatable bonds is 5. The molecule has 1 aliphatic carbocycles. The zero-order valence-electron chi connectivity index (χ0n) is 18.1. The first kappa shape index (κ1) is 21.5. The third-order valence-corrected chi connectivity index (χ3v) is 9.21. The van der Waals surface area contributed by atoms with Gasteiger partial charge in [-0.05, 0) is 36.4 Å². The topological polar surface area (TPSA) is 70.2 Å². The summed E-state index contributed by atoms with van der Waals surface area (Å²) in [5.41, 5.74) is 3.19. The first-order valence-electron chi connectivity index (χ1n) is 11.4. The standard InChI is InChI=1S/C23H25F2N5OS2.2H2/c24-23(25)7-13-11-30(12-14(13)8-23)6-3-19(31)29-22-20(15-1-4-27-10-18(15)33-22)21-28-16-9-26-5-2-17(16)32-21;;/h2,5,9,13-14,27H,1,3-4,6-8,10-12H2,(H,29,31);2*1H/t13-,14+;;. The lowest BCUT2D eigenvalue weighted by Gasteiger charge is -2.18. The maximum atomic E-state index is 13.6. The molecule has 2 atom stereocenters. The van der Waals surface area contributed by atoms with Crippen LogP contribution in [0, 0.1) is 11.8 Å². The van der Waals surface area contributed by atoms with Crippen LogP contribution in [0.5, 0.6) is 0 Å². The van der Waals surface area contributed by atoms with Crippen molar-refractivity contribution in [1.29, 1.82) is 0 Å². The largest absolute Gasteiger partial charge is 0.317 e. The first-order chi connectivity index (χ1) is 15.9. The lowest BCUT2D eigenvalue weighted by Crippen LogP contribution is -2.28. The van der Waals surface area contributed by atoms with Gasteiger partial charge in [-0.15, -0.1) is 22.7 Å². The molecule has 3 aliphatic rings. The van der Waals surface area contributed by atoms with E-state index < -0.39 is 5.92 Å². The third kappa shape index (κ3) is 4.18. The molecule has 1 amide bonds. The van der Waals surface area contributed by atoms with Crippen LogP contribution in [0.1, 0.15) is 32.6 Å². The van der Waals surface area contributed by atoms with E-state index in [0.717, 1.165) is 45.3 Å². The number of carbonyl (C=O) groups is 1. The molecule has 178 valence electrons. The molecule has 0 bridgehead atoms. The molecule has 1 saturated carbocycles. The lowest BCUT2D eigenvalue weighted by molar-refractivity contribution is -0.116. The molecule has 1 saturated heterocycles. The molecule has 3 aromatic heterocycles.